The number of phenolic OH excluding ortho intramolecular Hbond substituents is 2. The van der Waals surface area contributed by atoms with Gasteiger partial charge in [0.25, 0.3) is 0 Å². The second-order valence-corrected chi connectivity index (χ2v) is 4.41. The maximum Gasteiger partial charge on any atom is 0.179 e. The van der Waals surface area contributed by atoms with Crippen LogP contribution in [0.25, 0.3) is 0 Å². The van der Waals surface area contributed by atoms with Crippen molar-refractivity contribution in [3.63, 3.8) is 0 Å². The van der Waals surface area contributed by atoms with E-state index in [4.69, 9.17) is 10.2 Å². The number of hydrogen-bond acceptors (Lipinski definition) is 4. The van der Waals surface area contributed by atoms with Gasteiger partial charge in [-0.3, -0.25) is 0 Å². The molecule has 1 aromatic carbocycles. The Bertz CT molecular complexity index is 394. The minimum Gasteiger partial charge on any atom is -0.508 e. The van der Waals surface area contributed by atoms with Crippen LogP contribution in [-0.2, 0) is 9.84 Å². The molecule has 0 radical (unpaired) electrons. The van der Waals surface area contributed by atoms with E-state index in [1.54, 1.807) is 0 Å². The van der Waals surface area contributed by atoms with E-state index in [1.807, 2.05) is 0 Å². The predicted octanol–water partition coefficient (Wildman–Crippen LogP) is 0.501. The molecule has 66 valence electrons. The molecule has 0 heterocycles. The van der Waals surface area contributed by atoms with Gasteiger partial charge in [-0.1, -0.05) is 0 Å². The third-order valence-corrected chi connectivity index (χ3v) is 2.47. The van der Waals surface area contributed by atoms with Crippen LogP contribution in [-0.4, -0.2) is 24.9 Å². The van der Waals surface area contributed by atoms with Gasteiger partial charge >= 0.3 is 0 Å². The summed E-state index contributed by atoms with van der Waals surface area (Å²) < 4.78 is 21.9. The van der Waals surface area contributed by atoms with Crippen molar-refractivity contribution in [2.24, 2.45) is 0 Å². The molecular weight excluding hydrogens is 180 g/mol. The third-order valence-electron chi connectivity index (χ3n) is 1.34. The van der Waals surface area contributed by atoms with E-state index >= 15 is 0 Å². The molecule has 12 heavy (non-hydrogen) atoms. The highest BCUT2D eigenvalue weighted by Gasteiger charge is 2.12. The van der Waals surface area contributed by atoms with Crippen LogP contribution in [0.4, 0.5) is 0 Å². The molecule has 0 atom stereocenters. The van der Waals surface area contributed by atoms with E-state index in [-0.39, 0.29) is 16.4 Å². The zero-order chi connectivity index (χ0) is 9.35. The van der Waals surface area contributed by atoms with Gasteiger partial charge in [-0.2, -0.15) is 0 Å². The molecule has 0 aliphatic carbocycles. The first-order valence-corrected chi connectivity index (χ1v) is 5.02. The summed E-state index contributed by atoms with van der Waals surface area (Å²) in [6.45, 7) is 0. The number of sulfone groups is 1. The summed E-state index contributed by atoms with van der Waals surface area (Å²) in [6, 6.07) is 3.35. The molecule has 0 saturated heterocycles. The quantitative estimate of drug-likeness (QED) is 0.629. The van der Waals surface area contributed by atoms with Crippen LogP contribution in [0.3, 0.4) is 0 Å². The Hall–Kier alpha value is -1.23. The first-order chi connectivity index (χ1) is 5.41. The summed E-state index contributed by atoms with van der Waals surface area (Å²) in [6.07, 6.45) is 0.960. The van der Waals surface area contributed by atoms with E-state index in [0.717, 1.165) is 18.4 Å². The Morgan fingerprint density at radius 2 is 1.83 bits per heavy atom. The van der Waals surface area contributed by atoms with Crippen molar-refractivity contribution >= 4 is 9.84 Å². The lowest BCUT2D eigenvalue weighted by Crippen LogP contribution is -1.96. The van der Waals surface area contributed by atoms with Gasteiger partial charge in [0.2, 0.25) is 0 Å². The normalized spacial score (nSPS) is 11.4. The number of phenols is 2. The van der Waals surface area contributed by atoms with E-state index in [2.05, 4.69) is 0 Å². The zero-order valence-electron chi connectivity index (χ0n) is 6.35. The van der Waals surface area contributed by atoms with Gasteiger partial charge in [-0.25, -0.2) is 8.42 Å². The molecule has 0 aliphatic heterocycles. The smallest absolute Gasteiger partial charge is 0.179 e. The molecule has 4 nitrogen and oxygen atoms in total. The summed E-state index contributed by atoms with van der Waals surface area (Å²) in [7, 11) is -3.47. The molecule has 1 aromatic rings. The summed E-state index contributed by atoms with van der Waals surface area (Å²) in [5, 5.41) is 18.0. The molecule has 0 spiro atoms. The van der Waals surface area contributed by atoms with Crippen LogP contribution in [0.2, 0.25) is 0 Å². The van der Waals surface area contributed by atoms with Gasteiger partial charge in [-0.05, 0) is 12.1 Å². The fourth-order valence-corrected chi connectivity index (χ4v) is 1.58. The lowest BCUT2D eigenvalue weighted by atomic mass is 10.3. The van der Waals surface area contributed by atoms with Crippen LogP contribution in [0.5, 0.6) is 11.5 Å². The highest BCUT2D eigenvalue weighted by molar-refractivity contribution is 7.90. The summed E-state index contributed by atoms with van der Waals surface area (Å²) >= 11 is 0. The Kier molecular flexibility index (Phi) is 1.97. The van der Waals surface area contributed by atoms with E-state index < -0.39 is 9.84 Å². The van der Waals surface area contributed by atoms with Crippen molar-refractivity contribution in [3.8, 4) is 11.5 Å². The van der Waals surface area contributed by atoms with Gasteiger partial charge in [-0.15, -0.1) is 0 Å². The SMILES string of the molecule is CS(=O)(=O)c1cc(O)ccc1O. The first-order valence-electron chi connectivity index (χ1n) is 3.13. The van der Waals surface area contributed by atoms with Crippen molar-refractivity contribution in [2.75, 3.05) is 6.26 Å². The van der Waals surface area contributed by atoms with E-state index in [1.165, 1.54) is 6.07 Å². The number of rotatable bonds is 1. The second-order valence-electron chi connectivity index (χ2n) is 2.42. The number of aromatic hydroxyl groups is 2. The molecule has 0 amide bonds. The molecule has 0 saturated carbocycles. The Morgan fingerprint density at radius 1 is 1.25 bits per heavy atom. The molecule has 0 aromatic heterocycles. The van der Waals surface area contributed by atoms with Crippen molar-refractivity contribution < 1.29 is 18.6 Å². The van der Waals surface area contributed by atoms with Gasteiger partial charge in [0.05, 0.1) is 0 Å². The maximum absolute atomic E-state index is 10.9. The van der Waals surface area contributed by atoms with Crippen LogP contribution in [0.15, 0.2) is 23.1 Å². The molecule has 1 rings (SSSR count). The lowest BCUT2D eigenvalue weighted by molar-refractivity contribution is 0.445. The summed E-state index contributed by atoms with van der Waals surface area (Å²) in [5.74, 6) is -0.538. The van der Waals surface area contributed by atoms with E-state index in [9.17, 15) is 8.42 Å². The second kappa shape index (κ2) is 2.67. The monoisotopic (exact) mass is 188 g/mol. The highest BCUT2D eigenvalue weighted by atomic mass is 32.2. The van der Waals surface area contributed by atoms with Crippen molar-refractivity contribution in [1.82, 2.24) is 0 Å². The molecule has 0 fully saturated rings. The van der Waals surface area contributed by atoms with E-state index in [0.29, 0.717) is 0 Å². The predicted molar refractivity (Wildman–Crippen MR) is 42.9 cm³/mol. The third kappa shape index (κ3) is 1.68. The number of hydrogen-bond donors (Lipinski definition) is 2. The standard InChI is InChI=1S/C7H8O4S/c1-12(10,11)7-4-5(8)2-3-6(7)9/h2-4,8-9H,1H3. The van der Waals surface area contributed by atoms with Crippen LogP contribution in [0, 0.1) is 0 Å². The maximum atomic E-state index is 10.9. The topological polar surface area (TPSA) is 74.6 Å². The molecule has 0 bridgehead atoms. The molecular formula is C7H8O4S. The largest absolute Gasteiger partial charge is 0.508 e. The van der Waals surface area contributed by atoms with Gasteiger partial charge < -0.3 is 10.2 Å². The molecule has 0 aliphatic rings. The first kappa shape index (κ1) is 8.86. The molecule has 5 heteroatoms. The van der Waals surface area contributed by atoms with Crippen molar-refractivity contribution in [1.29, 1.82) is 0 Å². The average Bonchev–Trinajstić information content (AvgIpc) is 1.92. The Labute approximate surface area is 70.0 Å². The fraction of sp³-hybridized carbons (Fsp3) is 0.143. The lowest BCUT2D eigenvalue weighted by Gasteiger charge is -2.01. The highest BCUT2D eigenvalue weighted by Crippen LogP contribution is 2.25. The Morgan fingerprint density at radius 3 is 2.25 bits per heavy atom. The average molecular weight is 188 g/mol. The van der Waals surface area contributed by atoms with Crippen molar-refractivity contribution in [2.45, 2.75) is 4.90 Å². The fourth-order valence-electron chi connectivity index (χ4n) is 0.800. The summed E-state index contributed by atoms with van der Waals surface area (Å²) in [4.78, 5) is -0.262. The van der Waals surface area contributed by atoms with Crippen molar-refractivity contribution in [3.05, 3.63) is 18.2 Å². The van der Waals surface area contributed by atoms with Crippen LogP contribution in [0.1, 0.15) is 0 Å². The zero-order valence-corrected chi connectivity index (χ0v) is 7.17. The number of benzene rings is 1. The Balaban J connectivity index is 3.43. The summed E-state index contributed by atoms with van der Waals surface area (Å²) in [5.41, 5.74) is 0. The molecule has 2 N–H and O–H groups in total. The van der Waals surface area contributed by atoms with Gasteiger partial charge in [0.1, 0.15) is 16.4 Å². The van der Waals surface area contributed by atoms with Crippen LogP contribution >= 0.6 is 0 Å². The molecule has 0 unspecified atom stereocenters. The van der Waals surface area contributed by atoms with Gasteiger partial charge in [0.15, 0.2) is 9.84 Å². The van der Waals surface area contributed by atoms with Gasteiger partial charge in [0, 0.05) is 12.3 Å². The van der Waals surface area contributed by atoms with Crippen LogP contribution < -0.4 is 0 Å². The minimum atomic E-state index is -3.47. The minimum absolute atomic E-state index is 0.187.